The molecule has 1 saturated heterocycles. The largest absolute Gasteiger partial charge is 0.497 e. The van der Waals surface area contributed by atoms with Crippen molar-refractivity contribution in [3.63, 3.8) is 0 Å². The van der Waals surface area contributed by atoms with Gasteiger partial charge in [-0.25, -0.2) is 0 Å². The molecule has 4 bridgehead atoms. The lowest BCUT2D eigenvalue weighted by atomic mass is 9.53. The molecule has 3 nitrogen and oxygen atoms in total. The standard InChI is InChI=1S/C23H31NO2/c1-26-21-6-2-4-15(14-21)9-18-5-3-7-24(23(18)25)22-19-10-16-8-17(12-19)13-20(22)11-16/h2,4,6,14,16-20,22H,3,5,7-13H2,1H3. The first kappa shape index (κ1) is 16.6. The van der Waals surface area contributed by atoms with Gasteiger partial charge >= 0.3 is 0 Å². The summed E-state index contributed by atoms with van der Waals surface area (Å²) in [6.45, 7) is 1.00. The zero-order chi connectivity index (χ0) is 17.7. The van der Waals surface area contributed by atoms with Crippen LogP contribution in [0.4, 0.5) is 0 Å². The molecule has 1 aromatic rings. The maximum absolute atomic E-state index is 13.4. The average Bonchev–Trinajstić information content (AvgIpc) is 2.64. The fourth-order valence-electron chi connectivity index (χ4n) is 6.95. The third-order valence-electron chi connectivity index (χ3n) is 7.74. The molecule has 26 heavy (non-hydrogen) atoms. The first-order chi connectivity index (χ1) is 12.7. The highest BCUT2D eigenvalue weighted by Crippen LogP contribution is 2.55. The van der Waals surface area contributed by atoms with Crippen LogP contribution in [0.25, 0.3) is 0 Å². The van der Waals surface area contributed by atoms with E-state index in [-0.39, 0.29) is 5.92 Å². The Morgan fingerprint density at radius 2 is 1.81 bits per heavy atom. The van der Waals surface area contributed by atoms with Crippen molar-refractivity contribution in [2.24, 2.45) is 29.6 Å². The van der Waals surface area contributed by atoms with E-state index in [1.54, 1.807) is 7.11 Å². The van der Waals surface area contributed by atoms with E-state index in [9.17, 15) is 4.79 Å². The maximum Gasteiger partial charge on any atom is 0.226 e. The Kier molecular flexibility index (Phi) is 4.21. The van der Waals surface area contributed by atoms with E-state index in [0.717, 1.165) is 48.8 Å². The van der Waals surface area contributed by atoms with Crippen LogP contribution in [0.3, 0.4) is 0 Å². The molecule has 4 saturated carbocycles. The van der Waals surface area contributed by atoms with Crippen LogP contribution in [0.5, 0.6) is 5.75 Å². The minimum Gasteiger partial charge on any atom is -0.497 e. The third kappa shape index (κ3) is 2.84. The molecular formula is C23H31NO2. The Morgan fingerprint density at radius 3 is 2.50 bits per heavy atom. The fraction of sp³-hybridized carbons (Fsp3) is 0.696. The number of carbonyl (C=O) groups excluding carboxylic acids is 1. The van der Waals surface area contributed by atoms with Crippen LogP contribution in [0.2, 0.25) is 0 Å². The summed E-state index contributed by atoms with van der Waals surface area (Å²) < 4.78 is 5.36. The maximum atomic E-state index is 13.4. The van der Waals surface area contributed by atoms with Crippen molar-refractivity contribution in [3.8, 4) is 5.75 Å². The molecule has 0 spiro atoms. The van der Waals surface area contributed by atoms with Crippen molar-refractivity contribution in [1.82, 2.24) is 4.90 Å². The molecular weight excluding hydrogens is 322 g/mol. The van der Waals surface area contributed by atoms with Gasteiger partial charge in [-0.3, -0.25) is 4.79 Å². The number of benzene rings is 1. The molecule has 0 radical (unpaired) electrons. The number of piperidine rings is 1. The van der Waals surface area contributed by atoms with Gasteiger partial charge in [-0.15, -0.1) is 0 Å². The Morgan fingerprint density at radius 1 is 1.08 bits per heavy atom. The molecule has 1 atom stereocenters. The number of hydrogen-bond donors (Lipinski definition) is 0. The summed E-state index contributed by atoms with van der Waals surface area (Å²) in [6, 6.07) is 8.81. The normalized spacial score (nSPS) is 38.7. The second-order valence-electron chi connectivity index (χ2n) is 9.35. The monoisotopic (exact) mass is 353 g/mol. The molecule has 4 aliphatic carbocycles. The van der Waals surface area contributed by atoms with Gasteiger partial charge in [0.1, 0.15) is 5.75 Å². The van der Waals surface area contributed by atoms with E-state index >= 15 is 0 Å². The van der Waals surface area contributed by atoms with Gasteiger partial charge in [0.05, 0.1) is 7.11 Å². The Hall–Kier alpha value is -1.51. The highest BCUT2D eigenvalue weighted by molar-refractivity contribution is 5.80. The summed E-state index contributed by atoms with van der Waals surface area (Å²) in [5, 5.41) is 0. The molecule has 6 rings (SSSR count). The molecule has 1 aromatic carbocycles. The molecule has 3 heteroatoms. The quantitative estimate of drug-likeness (QED) is 0.808. The van der Waals surface area contributed by atoms with Crippen molar-refractivity contribution in [2.75, 3.05) is 13.7 Å². The lowest BCUT2D eigenvalue weighted by molar-refractivity contribution is -0.151. The number of nitrogens with zero attached hydrogens (tertiary/aromatic N) is 1. The van der Waals surface area contributed by atoms with Gasteiger partial charge in [0.2, 0.25) is 5.91 Å². The van der Waals surface area contributed by atoms with E-state index in [2.05, 4.69) is 17.0 Å². The van der Waals surface area contributed by atoms with Crippen LogP contribution in [-0.2, 0) is 11.2 Å². The third-order valence-corrected chi connectivity index (χ3v) is 7.74. The van der Waals surface area contributed by atoms with Crippen LogP contribution >= 0.6 is 0 Å². The zero-order valence-corrected chi connectivity index (χ0v) is 15.9. The van der Waals surface area contributed by atoms with Crippen LogP contribution in [-0.4, -0.2) is 30.5 Å². The predicted octanol–water partition coefficient (Wildman–Crippen LogP) is 4.30. The van der Waals surface area contributed by atoms with Crippen molar-refractivity contribution in [1.29, 1.82) is 0 Å². The molecule has 1 unspecified atom stereocenters. The molecule has 1 aliphatic heterocycles. The van der Waals surface area contributed by atoms with E-state index in [1.807, 2.05) is 12.1 Å². The summed E-state index contributed by atoms with van der Waals surface area (Å²) >= 11 is 0. The first-order valence-corrected chi connectivity index (χ1v) is 10.6. The van der Waals surface area contributed by atoms with E-state index < -0.39 is 0 Å². The highest BCUT2D eigenvalue weighted by atomic mass is 16.5. The summed E-state index contributed by atoms with van der Waals surface area (Å²) in [5.74, 6) is 5.03. The van der Waals surface area contributed by atoms with E-state index in [0.29, 0.717) is 11.9 Å². The van der Waals surface area contributed by atoms with Crippen LogP contribution in [0.15, 0.2) is 24.3 Å². The Bertz CT molecular complexity index is 657. The first-order valence-electron chi connectivity index (χ1n) is 10.6. The van der Waals surface area contributed by atoms with Crippen molar-refractivity contribution < 1.29 is 9.53 Å². The molecule has 1 amide bonds. The number of likely N-dealkylation sites (tertiary alicyclic amines) is 1. The molecule has 1 heterocycles. The summed E-state index contributed by atoms with van der Waals surface area (Å²) in [6.07, 6.45) is 10.1. The van der Waals surface area contributed by atoms with Gasteiger partial charge in [0, 0.05) is 18.5 Å². The second kappa shape index (κ2) is 6.58. The second-order valence-corrected chi connectivity index (χ2v) is 9.35. The fourth-order valence-corrected chi connectivity index (χ4v) is 6.95. The predicted molar refractivity (Wildman–Crippen MR) is 102 cm³/mol. The topological polar surface area (TPSA) is 29.5 Å². The summed E-state index contributed by atoms with van der Waals surface area (Å²) in [5.41, 5.74) is 1.23. The lowest BCUT2D eigenvalue weighted by Gasteiger charge is -2.58. The molecule has 0 N–H and O–H groups in total. The van der Waals surface area contributed by atoms with Gasteiger partial charge in [-0.05, 0) is 92.7 Å². The average molecular weight is 354 g/mol. The number of rotatable bonds is 4. The molecule has 5 aliphatic rings. The summed E-state index contributed by atoms with van der Waals surface area (Å²) in [4.78, 5) is 15.8. The van der Waals surface area contributed by atoms with Crippen LogP contribution < -0.4 is 4.74 Å². The number of carbonyl (C=O) groups is 1. The van der Waals surface area contributed by atoms with Crippen LogP contribution in [0.1, 0.15) is 50.5 Å². The number of amides is 1. The van der Waals surface area contributed by atoms with E-state index in [4.69, 9.17) is 4.74 Å². The van der Waals surface area contributed by atoms with Gasteiger partial charge in [0.15, 0.2) is 0 Å². The molecule has 140 valence electrons. The van der Waals surface area contributed by atoms with Crippen LogP contribution in [0, 0.1) is 29.6 Å². The van der Waals surface area contributed by atoms with Crippen molar-refractivity contribution in [3.05, 3.63) is 29.8 Å². The Balaban J connectivity index is 1.32. The Labute approximate surface area is 157 Å². The zero-order valence-electron chi connectivity index (χ0n) is 15.9. The van der Waals surface area contributed by atoms with Gasteiger partial charge in [0.25, 0.3) is 0 Å². The van der Waals surface area contributed by atoms with Crippen molar-refractivity contribution in [2.45, 2.75) is 57.4 Å². The van der Waals surface area contributed by atoms with Gasteiger partial charge < -0.3 is 9.64 Å². The highest BCUT2D eigenvalue weighted by Gasteiger charge is 2.51. The van der Waals surface area contributed by atoms with E-state index in [1.165, 1.54) is 44.1 Å². The number of ether oxygens (including phenoxy) is 1. The minimum atomic E-state index is 0.160. The molecule has 0 aromatic heterocycles. The lowest BCUT2D eigenvalue weighted by Crippen LogP contribution is -2.59. The SMILES string of the molecule is COc1cccc(CC2CCCN(C3C4CC5CC(C4)CC3C5)C2=O)c1. The summed E-state index contributed by atoms with van der Waals surface area (Å²) in [7, 11) is 1.71. The number of hydrogen-bond acceptors (Lipinski definition) is 2. The molecule has 5 fully saturated rings. The van der Waals surface area contributed by atoms with Gasteiger partial charge in [-0.1, -0.05) is 12.1 Å². The smallest absolute Gasteiger partial charge is 0.226 e. The number of methoxy groups -OCH3 is 1. The minimum absolute atomic E-state index is 0.160. The van der Waals surface area contributed by atoms with Gasteiger partial charge in [-0.2, -0.15) is 0 Å². The van der Waals surface area contributed by atoms with Crippen molar-refractivity contribution >= 4 is 5.91 Å².